The summed E-state index contributed by atoms with van der Waals surface area (Å²) in [7, 11) is 0. The predicted octanol–water partition coefficient (Wildman–Crippen LogP) is 4.20. The lowest BCUT2D eigenvalue weighted by atomic mass is 10.1. The minimum absolute atomic E-state index is 0.273. The molecular formula is C21H20ClNO5. The second-order valence-corrected chi connectivity index (χ2v) is 6.66. The molecule has 1 aromatic carbocycles. The van der Waals surface area contributed by atoms with Crippen molar-refractivity contribution in [2.24, 2.45) is 0 Å². The monoisotopic (exact) mass is 401 g/mol. The zero-order chi connectivity index (χ0) is 20.1. The summed E-state index contributed by atoms with van der Waals surface area (Å²) in [5, 5.41) is 0.398. The maximum absolute atomic E-state index is 12.5. The molecular weight excluding hydrogens is 382 g/mol. The van der Waals surface area contributed by atoms with Crippen molar-refractivity contribution in [2.45, 2.75) is 20.4 Å². The Balaban J connectivity index is 1.56. The minimum Gasteiger partial charge on any atom is -0.480 e. The summed E-state index contributed by atoms with van der Waals surface area (Å²) in [6, 6.07) is 12.3. The van der Waals surface area contributed by atoms with Crippen LogP contribution in [-0.4, -0.2) is 29.5 Å². The van der Waals surface area contributed by atoms with Gasteiger partial charge >= 0.3 is 5.97 Å². The van der Waals surface area contributed by atoms with E-state index in [4.69, 9.17) is 25.5 Å². The van der Waals surface area contributed by atoms with Crippen LogP contribution in [-0.2, 0) is 16.1 Å². The van der Waals surface area contributed by atoms with Crippen molar-refractivity contribution in [3.63, 3.8) is 0 Å². The molecule has 6 nitrogen and oxygen atoms in total. The second kappa shape index (κ2) is 8.80. The van der Waals surface area contributed by atoms with E-state index in [0.29, 0.717) is 22.9 Å². The smallest absolute Gasteiger partial charge is 0.344 e. The predicted molar refractivity (Wildman–Crippen MR) is 104 cm³/mol. The quantitative estimate of drug-likeness (QED) is 0.418. The van der Waals surface area contributed by atoms with Gasteiger partial charge in [0.1, 0.15) is 11.5 Å². The van der Waals surface area contributed by atoms with Crippen molar-refractivity contribution in [3.05, 3.63) is 76.5 Å². The Kier molecular flexibility index (Phi) is 6.21. The molecule has 0 unspecified atom stereocenters. The SMILES string of the molecule is Cc1cc(C(=O)COC(=O)COc2ccccc2Cl)c(C)n1Cc1ccco1. The number of carbonyl (C=O) groups excluding carboxylic acids is 2. The number of ether oxygens (including phenoxy) is 2. The Morgan fingerprint density at radius 2 is 1.89 bits per heavy atom. The lowest BCUT2D eigenvalue weighted by molar-refractivity contribution is -0.144. The number of carbonyl (C=O) groups is 2. The highest BCUT2D eigenvalue weighted by atomic mass is 35.5. The molecule has 2 aromatic heterocycles. The van der Waals surface area contributed by atoms with Crippen LogP contribution in [0.2, 0.25) is 5.02 Å². The Morgan fingerprint density at radius 1 is 1.11 bits per heavy atom. The number of aryl methyl sites for hydroxylation is 1. The molecule has 0 aliphatic carbocycles. The van der Waals surface area contributed by atoms with E-state index in [9.17, 15) is 9.59 Å². The lowest BCUT2D eigenvalue weighted by Gasteiger charge is -2.09. The number of halogens is 1. The van der Waals surface area contributed by atoms with Crippen molar-refractivity contribution in [1.82, 2.24) is 4.57 Å². The fourth-order valence-electron chi connectivity index (χ4n) is 2.85. The van der Waals surface area contributed by atoms with E-state index in [1.54, 1.807) is 36.6 Å². The van der Waals surface area contributed by atoms with Gasteiger partial charge in [0.15, 0.2) is 13.2 Å². The third-order valence-electron chi connectivity index (χ3n) is 4.31. The van der Waals surface area contributed by atoms with Crippen LogP contribution in [0.3, 0.4) is 0 Å². The second-order valence-electron chi connectivity index (χ2n) is 6.25. The van der Waals surface area contributed by atoms with Crippen LogP contribution in [0.25, 0.3) is 0 Å². The molecule has 146 valence electrons. The van der Waals surface area contributed by atoms with Gasteiger partial charge < -0.3 is 18.5 Å². The molecule has 0 bridgehead atoms. The van der Waals surface area contributed by atoms with E-state index in [0.717, 1.165) is 17.1 Å². The summed E-state index contributed by atoms with van der Waals surface area (Å²) < 4.78 is 17.7. The molecule has 0 saturated heterocycles. The molecule has 3 rings (SSSR count). The number of nitrogens with zero attached hydrogens (tertiary/aromatic N) is 1. The average molecular weight is 402 g/mol. The zero-order valence-corrected chi connectivity index (χ0v) is 16.4. The topological polar surface area (TPSA) is 70.7 Å². The lowest BCUT2D eigenvalue weighted by Crippen LogP contribution is -2.20. The normalized spacial score (nSPS) is 10.7. The van der Waals surface area contributed by atoms with Gasteiger partial charge in [-0.1, -0.05) is 23.7 Å². The number of para-hydroxylation sites is 1. The molecule has 0 atom stereocenters. The highest BCUT2D eigenvalue weighted by Crippen LogP contribution is 2.23. The van der Waals surface area contributed by atoms with E-state index < -0.39 is 5.97 Å². The van der Waals surface area contributed by atoms with Gasteiger partial charge in [-0.2, -0.15) is 0 Å². The molecule has 0 aliphatic rings. The first-order valence-corrected chi connectivity index (χ1v) is 9.08. The van der Waals surface area contributed by atoms with Crippen LogP contribution in [0.4, 0.5) is 0 Å². The summed E-state index contributed by atoms with van der Waals surface area (Å²) in [6.45, 7) is 3.62. The summed E-state index contributed by atoms with van der Waals surface area (Å²) in [5.74, 6) is 0.264. The number of esters is 1. The Hall–Kier alpha value is -2.99. The number of hydrogen-bond acceptors (Lipinski definition) is 5. The first kappa shape index (κ1) is 19.8. The molecule has 0 saturated carbocycles. The van der Waals surface area contributed by atoms with E-state index in [1.165, 1.54) is 0 Å². The van der Waals surface area contributed by atoms with Gasteiger partial charge in [0.05, 0.1) is 17.8 Å². The van der Waals surface area contributed by atoms with Gasteiger partial charge in [-0.05, 0) is 44.2 Å². The van der Waals surface area contributed by atoms with Crippen molar-refractivity contribution in [3.8, 4) is 5.75 Å². The molecule has 3 aromatic rings. The molecule has 0 amide bonds. The van der Waals surface area contributed by atoms with Crippen LogP contribution >= 0.6 is 11.6 Å². The molecule has 2 heterocycles. The van der Waals surface area contributed by atoms with Gasteiger partial charge in [-0.15, -0.1) is 0 Å². The molecule has 0 spiro atoms. The van der Waals surface area contributed by atoms with Crippen LogP contribution in [0.15, 0.2) is 53.1 Å². The Morgan fingerprint density at radius 3 is 2.61 bits per heavy atom. The van der Waals surface area contributed by atoms with Gasteiger partial charge in [0.25, 0.3) is 0 Å². The van der Waals surface area contributed by atoms with Gasteiger partial charge in [-0.3, -0.25) is 4.79 Å². The number of aromatic nitrogens is 1. The third kappa shape index (κ3) is 4.64. The van der Waals surface area contributed by atoms with E-state index in [2.05, 4.69) is 0 Å². The van der Waals surface area contributed by atoms with Gasteiger partial charge in [0, 0.05) is 17.0 Å². The third-order valence-corrected chi connectivity index (χ3v) is 4.63. The zero-order valence-electron chi connectivity index (χ0n) is 15.6. The van der Waals surface area contributed by atoms with Crippen molar-refractivity contribution in [1.29, 1.82) is 0 Å². The molecule has 0 N–H and O–H groups in total. The summed E-state index contributed by atoms with van der Waals surface area (Å²) >= 11 is 5.96. The number of Topliss-reactive ketones (excluding diaryl/α,β-unsaturated/α-hetero) is 1. The number of benzene rings is 1. The van der Waals surface area contributed by atoms with Crippen LogP contribution in [0.5, 0.6) is 5.75 Å². The van der Waals surface area contributed by atoms with Crippen molar-refractivity contribution >= 4 is 23.4 Å². The van der Waals surface area contributed by atoms with Crippen molar-refractivity contribution < 1.29 is 23.5 Å². The van der Waals surface area contributed by atoms with Crippen molar-refractivity contribution in [2.75, 3.05) is 13.2 Å². The van der Waals surface area contributed by atoms with Crippen LogP contribution in [0, 0.1) is 13.8 Å². The number of ketones is 1. The maximum atomic E-state index is 12.5. The fraction of sp³-hybridized carbons (Fsp3) is 0.238. The summed E-state index contributed by atoms with van der Waals surface area (Å²) in [4.78, 5) is 24.4. The highest BCUT2D eigenvalue weighted by molar-refractivity contribution is 6.32. The first-order chi connectivity index (χ1) is 13.5. The maximum Gasteiger partial charge on any atom is 0.344 e. The standard InChI is InChI=1S/C21H20ClNO5/c1-14-10-17(15(2)23(14)11-16-6-5-9-26-16)19(24)12-28-21(25)13-27-20-8-4-3-7-18(20)22/h3-10H,11-13H2,1-2H3. The summed E-state index contributed by atoms with van der Waals surface area (Å²) in [6.07, 6.45) is 1.61. The van der Waals surface area contributed by atoms with E-state index >= 15 is 0 Å². The van der Waals surface area contributed by atoms with E-state index in [1.807, 2.05) is 30.5 Å². The summed E-state index contributed by atoms with van der Waals surface area (Å²) in [5.41, 5.74) is 2.23. The van der Waals surface area contributed by atoms with Gasteiger partial charge in [0.2, 0.25) is 5.78 Å². The van der Waals surface area contributed by atoms with E-state index in [-0.39, 0.29) is 19.0 Å². The van der Waals surface area contributed by atoms with Gasteiger partial charge in [-0.25, -0.2) is 4.79 Å². The minimum atomic E-state index is -0.641. The number of furan rings is 1. The average Bonchev–Trinajstić information content (AvgIpc) is 3.29. The molecule has 28 heavy (non-hydrogen) atoms. The molecule has 0 fully saturated rings. The number of hydrogen-bond donors (Lipinski definition) is 0. The highest BCUT2D eigenvalue weighted by Gasteiger charge is 2.18. The largest absolute Gasteiger partial charge is 0.480 e. The molecule has 0 aliphatic heterocycles. The molecule has 0 radical (unpaired) electrons. The van der Waals surface area contributed by atoms with Crippen LogP contribution < -0.4 is 4.74 Å². The molecule has 7 heteroatoms. The van der Waals surface area contributed by atoms with Crippen LogP contribution in [0.1, 0.15) is 27.5 Å². The fourth-order valence-corrected chi connectivity index (χ4v) is 3.04. The Bertz CT molecular complexity index is 975. The number of rotatable bonds is 8. The Labute approximate surface area is 167 Å². The first-order valence-electron chi connectivity index (χ1n) is 8.71.